The second kappa shape index (κ2) is 5.84. The Labute approximate surface area is 162 Å². The maximum absolute atomic E-state index is 12.7. The van der Waals surface area contributed by atoms with E-state index in [4.69, 9.17) is 5.41 Å². The molecule has 3 heterocycles. The third kappa shape index (κ3) is 2.83. The van der Waals surface area contributed by atoms with Gasteiger partial charge in [0.05, 0.1) is 16.0 Å². The van der Waals surface area contributed by atoms with Crippen molar-refractivity contribution in [2.75, 3.05) is 5.75 Å². The molecule has 4 rings (SSSR count). The summed E-state index contributed by atoms with van der Waals surface area (Å²) < 4.78 is 25.3. The van der Waals surface area contributed by atoms with E-state index in [-0.39, 0.29) is 11.6 Å². The summed E-state index contributed by atoms with van der Waals surface area (Å²) in [6.07, 6.45) is 3.54. The SMILES string of the molecule is CC1(C)C(=N)N[C@](C)(c2nc3ccc(-c4cccnc4)cc3s2)CS1(=O)=O. The summed E-state index contributed by atoms with van der Waals surface area (Å²) in [6.45, 7) is 4.93. The minimum atomic E-state index is -3.48. The molecule has 140 valence electrons. The van der Waals surface area contributed by atoms with Gasteiger partial charge in [0, 0.05) is 18.0 Å². The van der Waals surface area contributed by atoms with Crippen molar-refractivity contribution < 1.29 is 8.42 Å². The zero-order valence-corrected chi connectivity index (χ0v) is 16.9. The fraction of sp³-hybridized carbons (Fsp3) is 0.316. The number of hydrogen-bond donors (Lipinski definition) is 2. The Hall–Kier alpha value is -2.32. The molecule has 2 N–H and O–H groups in total. The van der Waals surface area contributed by atoms with E-state index in [1.807, 2.05) is 36.5 Å². The number of hydrogen-bond acceptors (Lipinski definition) is 6. The van der Waals surface area contributed by atoms with E-state index in [9.17, 15) is 8.42 Å². The second-order valence-corrected chi connectivity index (χ2v) is 11.1. The lowest BCUT2D eigenvalue weighted by Gasteiger charge is -2.41. The molecule has 27 heavy (non-hydrogen) atoms. The second-order valence-electron chi connectivity index (χ2n) is 7.54. The van der Waals surface area contributed by atoms with Crippen molar-refractivity contribution >= 4 is 37.2 Å². The third-order valence-electron chi connectivity index (χ3n) is 5.11. The van der Waals surface area contributed by atoms with Crippen LogP contribution in [0.3, 0.4) is 0 Å². The highest BCUT2D eigenvalue weighted by Crippen LogP contribution is 2.38. The van der Waals surface area contributed by atoms with Crippen molar-refractivity contribution in [1.82, 2.24) is 15.3 Å². The molecule has 2 aromatic heterocycles. The van der Waals surface area contributed by atoms with E-state index in [1.165, 1.54) is 11.3 Å². The highest BCUT2D eigenvalue weighted by molar-refractivity contribution is 7.93. The molecule has 6 nitrogen and oxygen atoms in total. The lowest BCUT2D eigenvalue weighted by atomic mass is 10.0. The molecule has 0 saturated carbocycles. The van der Waals surface area contributed by atoms with Gasteiger partial charge in [-0.15, -0.1) is 11.3 Å². The maximum Gasteiger partial charge on any atom is 0.165 e. The largest absolute Gasteiger partial charge is 0.360 e. The van der Waals surface area contributed by atoms with Crippen LogP contribution in [0.1, 0.15) is 25.8 Å². The molecule has 1 aliphatic heterocycles. The molecule has 0 amide bonds. The number of nitrogens with one attached hydrogen (secondary N) is 2. The number of nitrogens with zero attached hydrogens (tertiary/aromatic N) is 2. The van der Waals surface area contributed by atoms with Crippen LogP contribution in [0.4, 0.5) is 0 Å². The first-order chi connectivity index (χ1) is 12.6. The minimum Gasteiger partial charge on any atom is -0.360 e. The lowest BCUT2D eigenvalue weighted by molar-refractivity contribution is 0.441. The van der Waals surface area contributed by atoms with Crippen molar-refractivity contribution in [2.45, 2.75) is 31.1 Å². The van der Waals surface area contributed by atoms with Crippen molar-refractivity contribution in [3.8, 4) is 11.1 Å². The number of aromatic nitrogens is 2. The first kappa shape index (κ1) is 18.1. The zero-order chi connectivity index (χ0) is 19.4. The minimum absolute atomic E-state index is 0.00607. The maximum atomic E-state index is 12.7. The van der Waals surface area contributed by atoms with Crippen molar-refractivity contribution in [3.63, 3.8) is 0 Å². The number of benzene rings is 1. The summed E-state index contributed by atoms with van der Waals surface area (Å²) in [5.41, 5.74) is 1.96. The van der Waals surface area contributed by atoms with Crippen LogP contribution >= 0.6 is 11.3 Å². The topological polar surface area (TPSA) is 95.8 Å². The molecule has 1 aromatic carbocycles. The van der Waals surface area contributed by atoms with E-state index in [1.54, 1.807) is 27.0 Å². The molecule has 8 heteroatoms. The summed E-state index contributed by atoms with van der Waals surface area (Å²) in [6, 6.07) is 9.86. The molecule has 0 unspecified atom stereocenters. The molecule has 1 fully saturated rings. The number of fused-ring (bicyclic) bond motifs is 1. The van der Waals surface area contributed by atoms with Crippen molar-refractivity contribution in [3.05, 3.63) is 47.7 Å². The average Bonchev–Trinajstić information content (AvgIpc) is 3.05. The fourth-order valence-corrected chi connectivity index (χ4v) is 6.06. The molecular weight excluding hydrogens is 380 g/mol. The van der Waals surface area contributed by atoms with Gasteiger partial charge < -0.3 is 5.32 Å². The quantitative estimate of drug-likeness (QED) is 0.688. The fourth-order valence-electron chi connectivity index (χ4n) is 3.17. The standard InChI is InChI=1S/C19H20N4O2S2/c1-18(2)16(20)23-19(3,11-27(18,24)25)17-22-14-7-6-12(9-15(14)26-17)13-5-4-8-21-10-13/h4-10H,11H2,1-3H3,(H2,20,23)/t19-/m0/s1. The summed E-state index contributed by atoms with van der Waals surface area (Å²) in [5.74, 6) is -0.0865. The van der Waals surface area contributed by atoms with E-state index in [0.717, 1.165) is 21.3 Å². The molecule has 0 bridgehead atoms. The number of amidine groups is 1. The molecule has 0 radical (unpaired) electrons. The van der Waals surface area contributed by atoms with Crippen LogP contribution in [0.5, 0.6) is 0 Å². The van der Waals surface area contributed by atoms with E-state index < -0.39 is 20.1 Å². The van der Waals surface area contributed by atoms with Crippen LogP contribution in [0.15, 0.2) is 42.7 Å². The Morgan fingerprint density at radius 3 is 2.63 bits per heavy atom. The zero-order valence-electron chi connectivity index (χ0n) is 15.3. The lowest BCUT2D eigenvalue weighted by Crippen LogP contribution is -2.63. The van der Waals surface area contributed by atoms with Gasteiger partial charge in [-0.3, -0.25) is 10.4 Å². The van der Waals surface area contributed by atoms with Crippen LogP contribution < -0.4 is 5.32 Å². The van der Waals surface area contributed by atoms with Crippen LogP contribution in [-0.4, -0.2) is 34.7 Å². The predicted octanol–water partition coefficient (Wildman–Crippen LogP) is 3.35. The Morgan fingerprint density at radius 1 is 1.19 bits per heavy atom. The average molecular weight is 401 g/mol. The first-order valence-corrected chi connectivity index (χ1v) is 11.0. The molecular formula is C19H20N4O2S2. The van der Waals surface area contributed by atoms with Gasteiger partial charge in [-0.2, -0.15) is 0 Å². The Morgan fingerprint density at radius 2 is 1.96 bits per heavy atom. The first-order valence-electron chi connectivity index (χ1n) is 8.53. The van der Waals surface area contributed by atoms with E-state index in [2.05, 4.69) is 15.3 Å². The van der Waals surface area contributed by atoms with E-state index >= 15 is 0 Å². The van der Waals surface area contributed by atoms with Gasteiger partial charge in [-0.25, -0.2) is 13.4 Å². The molecule has 1 saturated heterocycles. The summed E-state index contributed by atoms with van der Waals surface area (Å²) in [7, 11) is -3.48. The summed E-state index contributed by atoms with van der Waals surface area (Å²) >= 11 is 1.46. The number of rotatable bonds is 2. The molecule has 1 atom stereocenters. The number of thiazole rings is 1. The Kier molecular flexibility index (Phi) is 3.91. The smallest absolute Gasteiger partial charge is 0.165 e. The van der Waals surface area contributed by atoms with Gasteiger partial charge in [0.1, 0.15) is 21.1 Å². The van der Waals surface area contributed by atoms with Gasteiger partial charge in [0.15, 0.2) is 9.84 Å². The van der Waals surface area contributed by atoms with Crippen molar-refractivity contribution in [1.29, 1.82) is 5.41 Å². The highest BCUT2D eigenvalue weighted by atomic mass is 32.2. The van der Waals surface area contributed by atoms with Gasteiger partial charge in [-0.1, -0.05) is 12.1 Å². The van der Waals surface area contributed by atoms with Crippen molar-refractivity contribution in [2.24, 2.45) is 0 Å². The third-order valence-corrected chi connectivity index (χ3v) is 9.11. The van der Waals surface area contributed by atoms with Crippen LogP contribution in [0.2, 0.25) is 0 Å². The van der Waals surface area contributed by atoms with E-state index in [0.29, 0.717) is 5.01 Å². The molecule has 0 aliphatic carbocycles. The summed E-state index contributed by atoms with van der Waals surface area (Å²) in [5, 5.41) is 12.0. The van der Waals surface area contributed by atoms with Crippen LogP contribution in [-0.2, 0) is 15.4 Å². The molecule has 3 aromatic rings. The Balaban J connectivity index is 1.77. The van der Waals surface area contributed by atoms with Gasteiger partial charge in [0.2, 0.25) is 0 Å². The monoisotopic (exact) mass is 400 g/mol. The van der Waals surface area contributed by atoms with Gasteiger partial charge in [-0.05, 0) is 44.5 Å². The summed E-state index contributed by atoms with van der Waals surface area (Å²) in [4.78, 5) is 8.83. The van der Waals surface area contributed by atoms with Gasteiger partial charge >= 0.3 is 0 Å². The number of pyridine rings is 1. The number of sulfone groups is 1. The Bertz CT molecular complexity index is 1150. The molecule has 0 spiro atoms. The molecule has 1 aliphatic rings. The van der Waals surface area contributed by atoms with Crippen LogP contribution in [0.25, 0.3) is 21.3 Å². The predicted molar refractivity (Wildman–Crippen MR) is 109 cm³/mol. The highest BCUT2D eigenvalue weighted by Gasteiger charge is 2.51. The van der Waals surface area contributed by atoms with Gasteiger partial charge in [0.25, 0.3) is 0 Å². The normalized spacial score (nSPS) is 23.9. The van der Waals surface area contributed by atoms with Crippen LogP contribution in [0, 0.1) is 5.41 Å².